The fraction of sp³-hybridized carbons (Fsp3) is 0.417. The Labute approximate surface area is 192 Å². The first-order chi connectivity index (χ1) is 15.7. The molecule has 1 atom stereocenters. The average Bonchev–Trinajstić information content (AvgIpc) is 2.78. The van der Waals surface area contributed by atoms with Gasteiger partial charge in [0.1, 0.15) is 24.5 Å². The summed E-state index contributed by atoms with van der Waals surface area (Å²) in [5.41, 5.74) is 2.00. The third kappa shape index (κ3) is 4.59. The largest absolute Gasteiger partial charge is 0.496 e. The highest BCUT2D eigenvalue weighted by Gasteiger charge is 2.32. The van der Waals surface area contributed by atoms with Crippen LogP contribution in [0.15, 0.2) is 30.3 Å². The summed E-state index contributed by atoms with van der Waals surface area (Å²) in [7, 11) is -1.13. The van der Waals surface area contributed by atoms with Gasteiger partial charge in [-0.1, -0.05) is 18.2 Å². The lowest BCUT2D eigenvalue weighted by Gasteiger charge is -2.26. The first-order valence-corrected chi connectivity index (χ1v) is 13.0. The van der Waals surface area contributed by atoms with Gasteiger partial charge in [-0.15, -0.1) is 0 Å². The number of nitrogens with zero attached hydrogens (tertiary/aromatic N) is 2. The first-order valence-electron chi connectivity index (χ1n) is 10.9. The quantitative estimate of drug-likeness (QED) is 0.483. The van der Waals surface area contributed by atoms with Crippen molar-refractivity contribution in [2.24, 2.45) is 0 Å². The molecule has 1 N–H and O–H groups in total. The van der Waals surface area contributed by atoms with E-state index >= 15 is 0 Å². The number of halogens is 2. The van der Waals surface area contributed by atoms with Gasteiger partial charge in [-0.3, -0.25) is 0 Å². The van der Waals surface area contributed by atoms with Gasteiger partial charge in [0.25, 0.3) is 6.43 Å². The molecule has 0 spiro atoms. The lowest BCUT2D eigenvalue weighted by molar-refractivity contribution is 0.150. The Bertz CT molecular complexity index is 1230. The second kappa shape index (κ2) is 9.35. The Kier molecular flexibility index (Phi) is 6.68. The third-order valence-electron chi connectivity index (χ3n) is 6.21. The fourth-order valence-corrected chi connectivity index (χ4v) is 6.87. The van der Waals surface area contributed by atoms with Gasteiger partial charge in [-0.05, 0) is 38.0 Å². The Morgan fingerprint density at radius 3 is 2.48 bits per heavy atom. The van der Waals surface area contributed by atoms with Crippen molar-refractivity contribution < 1.29 is 22.8 Å². The molecule has 6 nitrogen and oxygen atoms in total. The number of ether oxygens (including phenoxy) is 2. The van der Waals surface area contributed by atoms with Gasteiger partial charge in [0.05, 0.1) is 37.2 Å². The molecule has 176 valence electrons. The van der Waals surface area contributed by atoms with Crippen molar-refractivity contribution in [1.82, 2.24) is 9.97 Å². The van der Waals surface area contributed by atoms with Crippen LogP contribution in [0.2, 0.25) is 0 Å². The number of hydrogen-bond acceptors (Lipinski definition) is 6. The van der Waals surface area contributed by atoms with Crippen LogP contribution in [-0.2, 0) is 9.30 Å². The molecule has 33 heavy (non-hydrogen) atoms. The van der Waals surface area contributed by atoms with Crippen LogP contribution in [0.5, 0.6) is 5.75 Å². The number of alkyl halides is 2. The lowest BCUT2D eigenvalue weighted by Crippen LogP contribution is -2.23. The fourth-order valence-electron chi connectivity index (χ4n) is 4.39. The normalized spacial score (nSPS) is 16.7. The summed E-state index contributed by atoms with van der Waals surface area (Å²) in [5, 5.41) is 4.76. The van der Waals surface area contributed by atoms with Crippen molar-refractivity contribution >= 4 is 29.2 Å². The van der Waals surface area contributed by atoms with Gasteiger partial charge in [-0.25, -0.2) is 18.7 Å². The lowest BCUT2D eigenvalue weighted by atomic mass is 9.97. The highest BCUT2D eigenvalue weighted by molar-refractivity contribution is 7.71. The molecule has 1 saturated heterocycles. The number of anilines is 1. The van der Waals surface area contributed by atoms with Gasteiger partial charge in [0, 0.05) is 29.3 Å². The zero-order chi connectivity index (χ0) is 23.8. The van der Waals surface area contributed by atoms with Crippen LogP contribution in [0.3, 0.4) is 0 Å². The highest BCUT2D eigenvalue weighted by atomic mass is 31.2. The summed E-state index contributed by atoms with van der Waals surface area (Å²) in [6, 6.07) is 8.30. The summed E-state index contributed by atoms with van der Waals surface area (Å²) < 4.78 is 51.5. The zero-order valence-corrected chi connectivity index (χ0v) is 20.1. The second-order valence-electron chi connectivity index (χ2n) is 8.34. The van der Waals surface area contributed by atoms with Crippen molar-refractivity contribution in [3.63, 3.8) is 0 Å². The first kappa shape index (κ1) is 23.6. The van der Waals surface area contributed by atoms with Crippen LogP contribution in [0.1, 0.15) is 41.9 Å². The number of fused-ring (bicyclic) bond motifs is 1. The smallest absolute Gasteiger partial charge is 0.264 e. The van der Waals surface area contributed by atoms with E-state index in [0.29, 0.717) is 64.7 Å². The van der Waals surface area contributed by atoms with E-state index in [1.165, 1.54) is 6.07 Å². The molecule has 0 radical (unpaired) electrons. The van der Waals surface area contributed by atoms with Crippen LogP contribution >= 0.6 is 7.14 Å². The van der Waals surface area contributed by atoms with Gasteiger partial charge in [0.2, 0.25) is 0 Å². The molecule has 1 fully saturated rings. The Balaban J connectivity index is 1.80. The number of benzene rings is 2. The molecule has 2 heterocycles. The highest BCUT2D eigenvalue weighted by Crippen LogP contribution is 2.49. The maximum absolute atomic E-state index is 13.7. The van der Waals surface area contributed by atoms with E-state index in [2.05, 4.69) is 15.3 Å². The van der Waals surface area contributed by atoms with Gasteiger partial charge in [0.15, 0.2) is 0 Å². The molecule has 9 heteroatoms. The molecule has 2 aromatic carbocycles. The number of rotatable bonds is 6. The van der Waals surface area contributed by atoms with Crippen LogP contribution in [-0.4, -0.2) is 42.6 Å². The maximum atomic E-state index is 13.7. The van der Waals surface area contributed by atoms with Crippen LogP contribution in [0.4, 0.5) is 14.6 Å². The van der Waals surface area contributed by atoms with Crippen molar-refractivity contribution in [3.8, 4) is 5.75 Å². The molecule has 0 saturated carbocycles. The summed E-state index contributed by atoms with van der Waals surface area (Å²) in [5.74, 6) is 1.67. The number of methoxy groups -OCH3 is 1. The predicted molar refractivity (Wildman–Crippen MR) is 127 cm³/mol. The Morgan fingerprint density at radius 2 is 1.82 bits per heavy atom. The van der Waals surface area contributed by atoms with E-state index in [4.69, 9.17) is 9.47 Å². The monoisotopic (exact) mass is 475 g/mol. The zero-order valence-electron chi connectivity index (χ0n) is 19.2. The number of aryl methyl sites for hydroxylation is 1. The van der Waals surface area contributed by atoms with Crippen molar-refractivity contribution in [1.29, 1.82) is 0 Å². The predicted octanol–water partition coefficient (Wildman–Crippen LogP) is 5.38. The maximum Gasteiger partial charge on any atom is 0.264 e. The number of nitrogens with one attached hydrogen (secondary N) is 1. The summed E-state index contributed by atoms with van der Waals surface area (Å²) >= 11 is 0. The standard InChI is InChI=1S/C24H28F2N3O3P/c1-14-17(6-5-7-18(14)23(25)26)15(2)27-24-19-12-22(33(30)10-8-32-9-11-33)21(31-4)13-20(19)28-16(3)29-24/h5-7,12-13,15,23H,8-11H2,1-4H3,(H,27,28,29)/t15-/m1/s1. The van der Waals surface area contributed by atoms with Crippen molar-refractivity contribution in [2.45, 2.75) is 33.2 Å². The molecule has 1 aliphatic rings. The molecular formula is C24H28F2N3O3P. The Morgan fingerprint density at radius 1 is 1.12 bits per heavy atom. The van der Waals surface area contributed by atoms with Gasteiger partial charge >= 0.3 is 0 Å². The summed E-state index contributed by atoms with van der Waals surface area (Å²) in [4.78, 5) is 9.14. The van der Waals surface area contributed by atoms with Crippen LogP contribution in [0, 0.1) is 13.8 Å². The van der Waals surface area contributed by atoms with Gasteiger partial charge in [-0.2, -0.15) is 0 Å². The second-order valence-corrected chi connectivity index (χ2v) is 11.5. The van der Waals surface area contributed by atoms with E-state index in [9.17, 15) is 13.3 Å². The minimum absolute atomic E-state index is 0.0227. The molecule has 0 amide bonds. The van der Waals surface area contributed by atoms with Crippen LogP contribution in [0.25, 0.3) is 10.9 Å². The average molecular weight is 475 g/mol. The van der Waals surface area contributed by atoms with E-state index in [-0.39, 0.29) is 11.6 Å². The molecule has 0 unspecified atom stereocenters. The minimum atomic E-state index is -2.69. The summed E-state index contributed by atoms with van der Waals surface area (Å²) in [6.45, 7) is 6.30. The number of hydrogen-bond donors (Lipinski definition) is 1. The number of aromatic nitrogens is 2. The summed E-state index contributed by atoms with van der Waals surface area (Å²) in [6.07, 6.45) is -1.62. The minimum Gasteiger partial charge on any atom is -0.496 e. The molecule has 1 aromatic heterocycles. The molecule has 1 aliphatic heterocycles. The molecule has 0 bridgehead atoms. The topological polar surface area (TPSA) is 73.3 Å². The van der Waals surface area contributed by atoms with Crippen LogP contribution < -0.4 is 15.4 Å². The molecule has 3 aromatic rings. The molecule has 0 aliphatic carbocycles. The van der Waals surface area contributed by atoms with E-state index in [1.807, 2.05) is 19.1 Å². The third-order valence-corrected chi connectivity index (χ3v) is 9.25. The van der Waals surface area contributed by atoms with Crippen molar-refractivity contribution in [3.05, 3.63) is 52.8 Å². The van der Waals surface area contributed by atoms with Crippen molar-refractivity contribution in [2.75, 3.05) is 38.0 Å². The SMILES string of the molecule is COc1cc2nc(C)nc(N[C@H](C)c3cccc(C(F)F)c3C)c2cc1P1(=O)CCOCC1. The Hall–Kier alpha value is -2.57. The van der Waals surface area contributed by atoms with E-state index < -0.39 is 13.6 Å². The molecule has 4 rings (SSSR count). The van der Waals surface area contributed by atoms with E-state index in [1.54, 1.807) is 33.1 Å². The molecular weight excluding hydrogens is 447 g/mol. The van der Waals surface area contributed by atoms with Gasteiger partial charge < -0.3 is 19.4 Å². The van der Waals surface area contributed by atoms with E-state index in [0.717, 1.165) is 5.56 Å².